The zero-order chi connectivity index (χ0) is 34.5. The van der Waals surface area contributed by atoms with E-state index in [-0.39, 0.29) is 33.2 Å². The van der Waals surface area contributed by atoms with Gasteiger partial charge in [-0.15, -0.1) is 0 Å². The second-order valence-electron chi connectivity index (χ2n) is 13.1. The summed E-state index contributed by atoms with van der Waals surface area (Å²) in [6.07, 6.45) is -0.512. The summed E-state index contributed by atoms with van der Waals surface area (Å²) in [6, 6.07) is 3.67. The SMILES string of the molecule is [2H]C([2H])(Oc1nc(N2CC3CCC2CN3)c2cc(C(F)(F)F)n(-c3cc(O)cc4ccc(F)c(F)c34)c(=O)c2n1)C1(CN2CCCC2)CC1. The van der Waals surface area contributed by atoms with Crippen LogP contribution < -0.4 is 20.5 Å². The third kappa shape index (κ3) is 5.35. The fraction of sp³-hybridized carbons (Fsp3) is 0.485. The maximum atomic E-state index is 15.3. The second kappa shape index (κ2) is 11.0. The van der Waals surface area contributed by atoms with Gasteiger partial charge in [0, 0.05) is 48.6 Å². The van der Waals surface area contributed by atoms with E-state index in [2.05, 4.69) is 20.2 Å². The number of likely N-dealkylation sites (tertiary alicyclic amines) is 1. The molecule has 2 aromatic carbocycles. The molecule has 6 heterocycles. The van der Waals surface area contributed by atoms with E-state index in [4.69, 9.17) is 7.48 Å². The molecule has 2 aromatic heterocycles. The maximum absolute atomic E-state index is 15.3. The summed E-state index contributed by atoms with van der Waals surface area (Å²) >= 11 is 0. The van der Waals surface area contributed by atoms with E-state index in [1.54, 1.807) is 4.90 Å². The number of halogens is 5. The van der Waals surface area contributed by atoms with Gasteiger partial charge in [-0.05, 0) is 75.2 Å². The zero-order valence-electron chi connectivity index (χ0n) is 27.2. The van der Waals surface area contributed by atoms with Crippen LogP contribution in [0.15, 0.2) is 35.1 Å². The van der Waals surface area contributed by atoms with Crippen LogP contribution in [0.3, 0.4) is 0 Å². The van der Waals surface area contributed by atoms with Crippen molar-refractivity contribution in [1.82, 2.24) is 24.8 Å². The molecule has 0 radical (unpaired) electrons. The van der Waals surface area contributed by atoms with E-state index in [0.29, 0.717) is 45.0 Å². The largest absolute Gasteiger partial charge is 0.508 e. The van der Waals surface area contributed by atoms with E-state index in [0.717, 1.165) is 56.6 Å². The molecule has 5 fully saturated rings. The molecule has 9 nitrogen and oxygen atoms in total. The van der Waals surface area contributed by atoms with Crippen LogP contribution in [0.25, 0.3) is 27.4 Å². The molecule has 2 atom stereocenters. The maximum Gasteiger partial charge on any atom is 0.431 e. The molecule has 2 N–H and O–H groups in total. The molecular weight excluding hydrogens is 623 g/mol. The number of hydrogen-bond donors (Lipinski definition) is 2. The first-order valence-corrected chi connectivity index (χ1v) is 15.8. The predicted molar refractivity (Wildman–Crippen MR) is 164 cm³/mol. The molecule has 2 bridgehead atoms. The number of aromatic nitrogens is 3. The van der Waals surface area contributed by atoms with Gasteiger partial charge in [-0.1, -0.05) is 6.07 Å². The van der Waals surface area contributed by atoms with Crippen molar-refractivity contribution >= 4 is 27.5 Å². The Labute approximate surface area is 268 Å². The number of anilines is 1. The van der Waals surface area contributed by atoms with E-state index in [1.807, 2.05) is 0 Å². The number of hydrogen-bond acceptors (Lipinski definition) is 8. The first-order valence-electron chi connectivity index (χ1n) is 16.8. The summed E-state index contributed by atoms with van der Waals surface area (Å²) in [5.74, 6) is -3.46. The molecule has 47 heavy (non-hydrogen) atoms. The Kier molecular flexibility index (Phi) is 6.56. The number of pyridine rings is 1. The molecule has 0 amide bonds. The minimum Gasteiger partial charge on any atom is -0.508 e. The minimum atomic E-state index is -5.19. The molecule has 14 heteroatoms. The van der Waals surface area contributed by atoms with Gasteiger partial charge in [0.1, 0.15) is 22.8 Å². The first kappa shape index (κ1) is 28.0. The number of benzene rings is 2. The van der Waals surface area contributed by atoms with E-state index >= 15 is 4.39 Å². The number of alkyl halides is 3. The number of nitrogens with zero attached hydrogens (tertiary/aromatic N) is 5. The normalized spacial score (nSPS) is 23.4. The number of piperidine rings is 2. The number of rotatable bonds is 7. The van der Waals surface area contributed by atoms with Crippen LogP contribution in [-0.4, -0.2) is 75.9 Å². The van der Waals surface area contributed by atoms with Gasteiger partial charge in [-0.2, -0.15) is 23.1 Å². The molecule has 1 aliphatic carbocycles. The van der Waals surface area contributed by atoms with E-state index < -0.39 is 69.4 Å². The minimum absolute atomic E-state index is 0.0101. The molecule has 5 aliphatic rings. The number of piperazine rings is 1. The summed E-state index contributed by atoms with van der Waals surface area (Å²) in [6.45, 7) is 0.751. The number of fused-ring (bicyclic) bond motifs is 5. The van der Waals surface area contributed by atoms with Crippen LogP contribution >= 0.6 is 0 Å². The Hall–Kier alpha value is -4.04. The third-order valence-corrected chi connectivity index (χ3v) is 9.89. The van der Waals surface area contributed by atoms with Gasteiger partial charge in [-0.3, -0.25) is 9.36 Å². The third-order valence-electron chi connectivity index (χ3n) is 9.89. The van der Waals surface area contributed by atoms with Crippen LogP contribution in [-0.2, 0) is 6.18 Å². The zero-order valence-corrected chi connectivity index (χ0v) is 25.2. The topological polar surface area (TPSA) is 95.8 Å². The Morgan fingerprint density at radius 1 is 1.11 bits per heavy atom. The van der Waals surface area contributed by atoms with Crippen molar-refractivity contribution in [3.05, 3.63) is 58.0 Å². The number of phenolic OH excluding ortho intramolecular Hbond substituents is 1. The van der Waals surface area contributed by atoms with E-state index in [1.165, 1.54) is 0 Å². The molecule has 2 unspecified atom stereocenters. The lowest BCUT2D eigenvalue weighted by atomic mass is 9.93. The summed E-state index contributed by atoms with van der Waals surface area (Å²) < 4.78 is 98.6. The van der Waals surface area contributed by atoms with Crippen molar-refractivity contribution < 1.29 is 34.5 Å². The Morgan fingerprint density at radius 2 is 1.89 bits per heavy atom. The molecular formula is C33H33F5N6O3. The fourth-order valence-corrected chi connectivity index (χ4v) is 7.33. The molecule has 1 saturated carbocycles. The quantitative estimate of drug-likeness (QED) is 0.264. The van der Waals surface area contributed by atoms with Gasteiger partial charge in [0.2, 0.25) is 0 Å². The number of nitrogens with one attached hydrogen (secondary N) is 1. The highest BCUT2D eigenvalue weighted by Crippen LogP contribution is 2.47. The highest BCUT2D eigenvalue weighted by molar-refractivity contribution is 5.94. The van der Waals surface area contributed by atoms with Gasteiger partial charge < -0.3 is 25.0 Å². The van der Waals surface area contributed by atoms with Crippen molar-refractivity contribution in [3.63, 3.8) is 0 Å². The van der Waals surface area contributed by atoms with Crippen molar-refractivity contribution in [2.45, 2.75) is 56.8 Å². The molecule has 4 saturated heterocycles. The summed E-state index contributed by atoms with van der Waals surface area (Å²) in [4.78, 5) is 27.1. The number of phenols is 1. The smallest absolute Gasteiger partial charge is 0.431 e. The highest BCUT2D eigenvalue weighted by atomic mass is 19.4. The lowest BCUT2D eigenvalue weighted by Crippen LogP contribution is -2.61. The lowest BCUT2D eigenvalue weighted by molar-refractivity contribution is -0.142. The first-order chi connectivity index (χ1) is 23.2. The van der Waals surface area contributed by atoms with Gasteiger partial charge in [0.25, 0.3) is 5.56 Å². The van der Waals surface area contributed by atoms with Crippen molar-refractivity contribution in [1.29, 1.82) is 0 Å². The van der Waals surface area contributed by atoms with Crippen LogP contribution in [0.4, 0.5) is 27.8 Å². The number of ether oxygens (including phenoxy) is 1. The molecule has 0 spiro atoms. The summed E-state index contributed by atoms with van der Waals surface area (Å²) in [7, 11) is 0. The van der Waals surface area contributed by atoms with Crippen LogP contribution in [0.1, 0.15) is 47.0 Å². The van der Waals surface area contributed by atoms with Crippen molar-refractivity contribution in [2.24, 2.45) is 5.41 Å². The van der Waals surface area contributed by atoms with Crippen LogP contribution in [0, 0.1) is 17.0 Å². The van der Waals surface area contributed by atoms with Crippen molar-refractivity contribution in [2.75, 3.05) is 44.2 Å². The molecule has 9 rings (SSSR count). The summed E-state index contributed by atoms with van der Waals surface area (Å²) in [5, 5.41) is 12.8. The Bertz CT molecular complexity index is 2040. The average molecular weight is 659 g/mol. The number of aromatic hydroxyl groups is 1. The lowest BCUT2D eigenvalue weighted by Gasteiger charge is -2.46. The fourth-order valence-electron chi connectivity index (χ4n) is 7.33. The monoisotopic (exact) mass is 658 g/mol. The van der Waals surface area contributed by atoms with Crippen LogP contribution in [0.2, 0.25) is 0 Å². The van der Waals surface area contributed by atoms with Gasteiger partial charge in [0.15, 0.2) is 11.6 Å². The average Bonchev–Trinajstić information content (AvgIpc) is 3.68. The highest BCUT2D eigenvalue weighted by Gasteiger charge is 2.46. The van der Waals surface area contributed by atoms with Gasteiger partial charge in [-0.25, -0.2) is 8.78 Å². The van der Waals surface area contributed by atoms with Crippen molar-refractivity contribution in [3.8, 4) is 17.4 Å². The molecule has 4 aliphatic heterocycles. The predicted octanol–water partition coefficient (Wildman–Crippen LogP) is 5.13. The standard InChI is InChI=1S/C33H33F5N6O3/c34-23-6-3-18-11-21(45)12-24(26(18)27(23)35)44-25(33(36,37)38)13-22-28(30(44)46)40-31(41-29(22)43-15-19-4-5-20(43)14-39-19)47-17-32(7-8-32)16-42-9-1-2-10-42/h3,6,11-13,19-20,39,45H,1-2,4-5,7-10,14-17H2/i17D2. The van der Waals surface area contributed by atoms with E-state index in [9.17, 15) is 27.5 Å². The second-order valence-corrected chi connectivity index (χ2v) is 13.1. The van der Waals surface area contributed by atoms with Gasteiger partial charge in [0.05, 0.1) is 20.4 Å². The summed E-state index contributed by atoms with van der Waals surface area (Å²) in [5.41, 5.74) is -5.00. The Balaban J connectivity index is 1.36. The molecule has 248 valence electrons. The van der Waals surface area contributed by atoms with Gasteiger partial charge >= 0.3 is 12.2 Å². The molecule has 4 aromatic rings. The van der Waals surface area contributed by atoms with Crippen LogP contribution in [0.5, 0.6) is 11.8 Å². The Morgan fingerprint density at radius 3 is 2.55 bits per heavy atom.